The van der Waals surface area contributed by atoms with Crippen LogP contribution in [0.25, 0.3) is 0 Å². The van der Waals surface area contributed by atoms with Crippen molar-refractivity contribution in [2.45, 2.75) is 26.3 Å². The standard InChI is InChI=1S/C21H26N4O4/c1-13(2)12-18(25-21(22)28)20(27)24-15-6-4-14(5-7-15)19(26)23-16-8-10-17(29-3)11-9-16/h4-11,13,18H,12H2,1-3H3,(H,23,26)(H,24,27)(H3,22,25,28)/t18-/m1/s1. The zero-order valence-corrected chi connectivity index (χ0v) is 16.7. The van der Waals surface area contributed by atoms with Gasteiger partial charge in [0.1, 0.15) is 11.8 Å². The number of carbonyl (C=O) groups excluding carboxylic acids is 3. The molecule has 0 unspecified atom stereocenters. The third-order valence-electron chi connectivity index (χ3n) is 4.10. The molecule has 0 bridgehead atoms. The number of nitrogens with one attached hydrogen (secondary N) is 3. The molecule has 2 rings (SSSR count). The molecule has 4 amide bonds. The fourth-order valence-corrected chi connectivity index (χ4v) is 2.69. The molecule has 154 valence electrons. The fourth-order valence-electron chi connectivity index (χ4n) is 2.69. The van der Waals surface area contributed by atoms with E-state index in [0.717, 1.165) is 0 Å². The molecular formula is C21H26N4O4. The molecule has 5 N–H and O–H groups in total. The van der Waals surface area contributed by atoms with Gasteiger partial charge in [-0.3, -0.25) is 9.59 Å². The second-order valence-corrected chi connectivity index (χ2v) is 6.94. The number of rotatable bonds is 8. The molecule has 0 aromatic heterocycles. The van der Waals surface area contributed by atoms with Crippen LogP contribution >= 0.6 is 0 Å². The predicted molar refractivity (Wildman–Crippen MR) is 112 cm³/mol. The van der Waals surface area contributed by atoms with E-state index in [1.807, 2.05) is 13.8 Å². The van der Waals surface area contributed by atoms with Crippen molar-refractivity contribution in [3.63, 3.8) is 0 Å². The zero-order valence-electron chi connectivity index (χ0n) is 16.7. The largest absolute Gasteiger partial charge is 0.497 e. The number of hydrogen-bond donors (Lipinski definition) is 4. The lowest BCUT2D eigenvalue weighted by Crippen LogP contribution is -2.46. The smallest absolute Gasteiger partial charge is 0.312 e. The molecule has 8 nitrogen and oxygen atoms in total. The summed E-state index contributed by atoms with van der Waals surface area (Å²) in [6.07, 6.45) is 0.455. The van der Waals surface area contributed by atoms with Crippen molar-refractivity contribution in [2.24, 2.45) is 11.7 Å². The molecule has 1 atom stereocenters. The van der Waals surface area contributed by atoms with Gasteiger partial charge in [-0.1, -0.05) is 13.8 Å². The van der Waals surface area contributed by atoms with Gasteiger partial charge in [0.05, 0.1) is 7.11 Å². The number of carbonyl (C=O) groups is 3. The average Bonchev–Trinajstić information content (AvgIpc) is 2.68. The van der Waals surface area contributed by atoms with E-state index >= 15 is 0 Å². The Kier molecular flexibility index (Phi) is 7.59. The molecule has 0 aliphatic heterocycles. The normalized spacial score (nSPS) is 11.4. The van der Waals surface area contributed by atoms with Crippen LogP contribution in [0.5, 0.6) is 5.75 Å². The Bertz CT molecular complexity index is 848. The van der Waals surface area contributed by atoms with Gasteiger partial charge in [-0.05, 0) is 60.9 Å². The molecule has 0 aliphatic rings. The molecule has 0 radical (unpaired) electrons. The maximum Gasteiger partial charge on any atom is 0.312 e. The van der Waals surface area contributed by atoms with E-state index in [4.69, 9.17) is 10.5 Å². The van der Waals surface area contributed by atoms with Crippen LogP contribution in [0.4, 0.5) is 16.2 Å². The van der Waals surface area contributed by atoms with Crippen molar-refractivity contribution in [3.8, 4) is 5.75 Å². The van der Waals surface area contributed by atoms with E-state index in [2.05, 4.69) is 16.0 Å². The first kappa shape index (κ1) is 21.7. The Morgan fingerprint density at radius 3 is 2.00 bits per heavy atom. The van der Waals surface area contributed by atoms with Crippen molar-refractivity contribution >= 4 is 29.2 Å². The minimum Gasteiger partial charge on any atom is -0.497 e. The maximum atomic E-state index is 12.4. The van der Waals surface area contributed by atoms with Crippen LogP contribution in [0.2, 0.25) is 0 Å². The summed E-state index contributed by atoms with van der Waals surface area (Å²) in [6, 6.07) is 12.0. The van der Waals surface area contributed by atoms with Crippen LogP contribution in [0.15, 0.2) is 48.5 Å². The number of hydrogen-bond acceptors (Lipinski definition) is 4. The molecule has 0 saturated carbocycles. The third kappa shape index (κ3) is 6.84. The van der Waals surface area contributed by atoms with Crippen LogP contribution in [0.1, 0.15) is 30.6 Å². The van der Waals surface area contributed by atoms with E-state index in [0.29, 0.717) is 29.1 Å². The number of methoxy groups -OCH3 is 1. The second-order valence-electron chi connectivity index (χ2n) is 6.94. The molecule has 8 heteroatoms. The first-order chi connectivity index (χ1) is 13.8. The van der Waals surface area contributed by atoms with Gasteiger partial charge in [0, 0.05) is 16.9 Å². The first-order valence-corrected chi connectivity index (χ1v) is 9.20. The fraction of sp³-hybridized carbons (Fsp3) is 0.286. The summed E-state index contributed by atoms with van der Waals surface area (Å²) in [4.78, 5) is 35.9. The van der Waals surface area contributed by atoms with Gasteiger partial charge in [0.2, 0.25) is 5.91 Å². The molecular weight excluding hydrogens is 372 g/mol. The van der Waals surface area contributed by atoms with Crippen molar-refractivity contribution in [2.75, 3.05) is 17.7 Å². The van der Waals surface area contributed by atoms with Crippen molar-refractivity contribution in [1.29, 1.82) is 0 Å². The van der Waals surface area contributed by atoms with E-state index in [-0.39, 0.29) is 17.7 Å². The molecule has 0 aliphatic carbocycles. The maximum absolute atomic E-state index is 12.4. The third-order valence-corrected chi connectivity index (χ3v) is 4.10. The van der Waals surface area contributed by atoms with Crippen LogP contribution in [-0.2, 0) is 4.79 Å². The molecule has 2 aromatic rings. The summed E-state index contributed by atoms with van der Waals surface area (Å²) < 4.78 is 5.09. The number of primary amides is 1. The highest BCUT2D eigenvalue weighted by Gasteiger charge is 2.21. The average molecular weight is 398 g/mol. The number of anilines is 2. The zero-order chi connectivity index (χ0) is 21.4. The van der Waals surface area contributed by atoms with E-state index in [9.17, 15) is 14.4 Å². The van der Waals surface area contributed by atoms with E-state index in [1.54, 1.807) is 55.6 Å². The molecule has 0 saturated heterocycles. The van der Waals surface area contributed by atoms with Crippen LogP contribution in [-0.4, -0.2) is 31.0 Å². The summed E-state index contributed by atoms with van der Waals surface area (Å²) >= 11 is 0. The molecule has 29 heavy (non-hydrogen) atoms. The Morgan fingerprint density at radius 1 is 0.931 bits per heavy atom. The van der Waals surface area contributed by atoms with Crippen molar-refractivity contribution in [1.82, 2.24) is 5.32 Å². The Morgan fingerprint density at radius 2 is 1.48 bits per heavy atom. The number of ether oxygens (including phenoxy) is 1. The SMILES string of the molecule is COc1ccc(NC(=O)c2ccc(NC(=O)[C@@H](CC(C)C)NC(N)=O)cc2)cc1. The lowest BCUT2D eigenvalue weighted by molar-refractivity contribution is -0.118. The molecule has 0 spiro atoms. The number of amides is 4. The molecule has 2 aromatic carbocycles. The van der Waals surface area contributed by atoms with Gasteiger partial charge in [-0.2, -0.15) is 0 Å². The summed E-state index contributed by atoms with van der Waals surface area (Å²) in [5.41, 5.74) is 6.74. The van der Waals surface area contributed by atoms with Gasteiger partial charge in [0.25, 0.3) is 5.91 Å². The number of nitrogens with two attached hydrogens (primary N) is 1. The minimum absolute atomic E-state index is 0.196. The van der Waals surface area contributed by atoms with Crippen LogP contribution in [0.3, 0.4) is 0 Å². The summed E-state index contributed by atoms with van der Waals surface area (Å²) in [5, 5.41) is 7.96. The minimum atomic E-state index is -0.753. The van der Waals surface area contributed by atoms with E-state index < -0.39 is 12.1 Å². The number of urea groups is 1. The van der Waals surface area contributed by atoms with Gasteiger partial charge >= 0.3 is 6.03 Å². The highest BCUT2D eigenvalue weighted by atomic mass is 16.5. The van der Waals surface area contributed by atoms with Crippen molar-refractivity contribution < 1.29 is 19.1 Å². The first-order valence-electron chi connectivity index (χ1n) is 9.20. The Labute approximate surface area is 169 Å². The molecule has 0 fully saturated rings. The Hall–Kier alpha value is -3.55. The summed E-state index contributed by atoms with van der Waals surface area (Å²) in [6.45, 7) is 3.89. The predicted octanol–water partition coefficient (Wildman–Crippen LogP) is 2.97. The van der Waals surface area contributed by atoms with Crippen molar-refractivity contribution in [3.05, 3.63) is 54.1 Å². The highest BCUT2D eigenvalue weighted by Crippen LogP contribution is 2.17. The monoisotopic (exact) mass is 398 g/mol. The van der Waals surface area contributed by atoms with Gasteiger partial charge < -0.3 is 26.4 Å². The van der Waals surface area contributed by atoms with Crippen LogP contribution in [0, 0.1) is 5.92 Å². The summed E-state index contributed by atoms with van der Waals surface area (Å²) in [5.74, 6) is 0.250. The lowest BCUT2D eigenvalue weighted by Gasteiger charge is -2.19. The Balaban J connectivity index is 1.99. The quantitative estimate of drug-likeness (QED) is 0.546. The van der Waals surface area contributed by atoms with Gasteiger partial charge in [-0.15, -0.1) is 0 Å². The topological polar surface area (TPSA) is 123 Å². The van der Waals surface area contributed by atoms with Gasteiger partial charge in [0.15, 0.2) is 0 Å². The molecule has 0 heterocycles. The number of benzene rings is 2. The highest BCUT2D eigenvalue weighted by molar-refractivity contribution is 6.05. The van der Waals surface area contributed by atoms with Gasteiger partial charge in [-0.25, -0.2) is 4.79 Å². The lowest BCUT2D eigenvalue weighted by atomic mass is 10.0. The van der Waals surface area contributed by atoms with Crippen LogP contribution < -0.4 is 26.4 Å². The van der Waals surface area contributed by atoms with E-state index in [1.165, 1.54) is 0 Å². The summed E-state index contributed by atoms with van der Waals surface area (Å²) in [7, 11) is 1.57. The second kappa shape index (κ2) is 10.1.